The molecule has 1 aromatic rings. The second-order valence-electron chi connectivity index (χ2n) is 4.35. The van der Waals surface area contributed by atoms with Gasteiger partial charge in [0.05, 0.1) is 6.10 Å². The molecule has 88 valence electrons. The predicted octanol–water partition coefficient (Wildman–Crippen LogP) is 1.62. The molecule has 3 N–H and O–H groups in total. The molecule has 0 spiro atoms. The van der Waals surface area contributed by atoms with Crippen LogP contribution in [0, 0.1) is 6.92 Å². The number of rotatable bonds is 4. The van der Waals surface area contributed by atoms with Crippen molar-refractivity contribution in [3.8, 4) is 0 Å². The Bertz CT molecular complexity index is 343. The summed E-state index contributed by atoms with van der Waals surface area (Å²) in [5, 5.41) is 0. The number of benzene rings is 1. The Morgan fingerprint density at radius 3 is 2.38 bits per heavy atom. The van der Waals surface area contributed by atoms with E-state index in [1.54, 1.807) is 0 Å². The van der Waals surface area contributed by atoms with Crippen molar-refractivity contribution in [3.05, 3.63) is 35.4 Å². The third-order valence-corrected chi connectivity index (χ3v) is 2.33. The standard InChI is InChI=1S/C13H19NO2/c1-9(2)16-13(15)8-12(14)11-6-4-10(3)5-7-11/h4-7,9,12H,8,14H2,1-3H3/p+1/t12-/m0/s1. The largest absolute Gasteiger partial charge is 0.463 e. The Kier molecular flexibility index (Phi) is 4.50. The van der Waals surface area contributed by atoms with E-state index in [0.29, 0.717) is 6.42 Å². The first-order valence-electron chi connectivity index (χ1n) is 5.58. The molecule has 0 heterocycles. The monoisotopic (exact) mass is 222 g/mol. The highest BCUT2D eigenvalue weighted by atomic mass is 16.5. The first-order valence-corrected chi connectivity index (χ1v) is 5.58. The first kappa shape index (κ1) is 12.7. The first-order chi connectivity index (χ1) is 7.49. The molecular formula is C13H20NO2+. The van der Waals surface area contributed by atoms with Crippen molar-refractivity contribution in [2.24, 2.45) is 0 Å². The maximum atomic E-state index is 11.4. The summed E-state index contributed by atoms with van der Waals surface area (Å²) in [5.41, 5.74) is 6.27. The Balaban J connectivity index is 2.55. The molecule has 0 aliphatic heterocycles. The van der Waals surface area contributed by atoms with E-state index in [0.717, 1.165) is 5.56 Å². The van der Waals surface area contributed by atoms with Gasteiger partial charge in [0.15, 0.2) is 0 Å². The minimum Gasteiger partial charge on any atom is -0.463 e. The molecule has 0 unspecified atom stereocenters. The van der Waals surface area contributed by atoms with Crippen molar-refractivity contribution < 1.29 is 15.3 Å². The lowest BCUT2D eigenvalue weighted by molar-refractivity contribution is -0.425. The molecular weight excluding hydrogens is 202 g/mol. The van der Waals surface area contributed by atoms with Crippen LogP contribution in [0.4, 0.5) is 0 Å². The fourth-order valence-corrected chi connectivity index (χ4v) is 1.47. The van der Waals surface area contributed by atoms with Crippen molar-refractivity contribution in [2.45, 2.75) is 39.3 Å². The van der Waals surface area contributed by atoms with Gasteiger partial charge in [-0.25, -0.2) is 0 Å². The quantitative estimate of drug-likeness (QED) is 0.787. The minimum absolute atomic E-state index is 0.0353. The molecule has 3 heteroatoms. The van der Waals surface area contributed by atoms with E-state index in [1.807, 2.05) is 45.0 Å². The summed E-state index contributed by atoms with van der Waals surface area (Å²) < 4.78 is 5.09. The number of aryl methyl sites for hydroxylation is 1. The van der Waals surface area contributed by atoms with Gasteiger partial charge in [-0.2, -0.15) is 0 Å². The van der Waals surface area contributed by atoms with Crippen LogP contribution in [0.15, 0.2) is 24.3 Å². The summed E-state index contributed by atoms with van der Waals surface area (Å²) in [7, 11) is 0. The Labute approximate surface area is 96.6 Å². The summed E-state index contributed by atoms with van der Waals surface area (Å²) >= 11 is 0. The van der Waals surface area contributed by atoms with Gasteiger partial charge in [0.1, 0.15) is 12.5 Å². The maximum absolute atomic E-state index is 11.4. The Morgan fingerprint density at radius 1 is 1.31 bits per heavy atom. The number of carbonyl (C=O) groups is 1. The van der Waals surface area contributed by atoms with E-state index < -0.39 is 0 Å². The molecule has 1 rings (SSSR count). The molecule has 0 radical (unpaired) electrons. The third-order valence-electron chi connectivity index (χ3n) is 2.33. The van der Waals surface area contributed by atoms with Gasteiger partial charge in [-0.1, -0.05) is 29.8 Å². The predicted molar refractivity (Wildman–Crippen MR) is 62.7 cm³/mol. The number of esters is 1. The lowest BCUT2D eigenvalue weighted by atomic mass is 10.0. The molecule has 3 nitrogen and oxygen atoms in total. The molecule has 0 saturated heterocycles. The zero-order valence-corrected chi connectivity index (χ0v) is 10.2. The van der Waals surface area contributed by atoms with Gasteiger partial charge in [-0.05, 0) is 20.8 Å². The van der Waals surface area contributed by atoms with Crippen LogP contribution in [0.2, 0.25) is 0 Å². The fraction of sp³-hybridized carbons (Fsp3) is 0.462. The second kappa shape index (κ2) is 5.66. The van der Waals surface area contributed by atoms with Gasteiger partial charge < -0.3 is 10.5 Å². The van der Waals surface area contributed by atoms with E-state index in [4.69, 9.17) is 4.74 Å². The van der Waals surface area contributed by atoms with E-state index in [9.17, 15) is 4.79 Å². The van der Waals surface area contributed by atoms with Crippen molar-refractivity contribution in [1.82, 2.24) is 0 Å². The normalized spacial score (nSPS) is 12.6. The number of ether oxygens (including phenoxy) is 1. The SMILES string of the molecule is Cc1ccc([C@@H]([NH3+])CC(=O)OC(C)C)cc1. The molecule has 1 atom stereocenters. The van der Waals surface area contributed by atoms with Crippen LogP contribution in [0.25, 0.3) is 0 Å². The number of hydrogen-bond donors (Lipinski definition) is 1. The van der Waals surface area contributed by atoms with Gasteiger partial charge in [0.2, 0.25) is 0 Å². The molecule has 1 aromatic carbocycles. The van der Waals surface area contributed by atoms with Gasteiger partial charge in [0.25, 0.3) is 0 Å². The average Bonchev–Trinajstić information content (AvgIpc) is 2.16. The summed E-state index contributed by atoms with van der Waals surface area (Å²) in [6, 6.07) is 8.04. The highest BCUT2D eigenvalue weighted by Crippen LogP contribution is 2.13. The molecule has 0 amide bonds. The summed E-state index contributed by atoms with van der Waals surface area (Å²) in [6.45, 7) is 5.73. The highest BCUT2D eigenvalue weighted by Gasteiger charge is 2.16. The summed E-state index contributed by atoms with van der Waals surface area (Å²) in [5.74, 6) is -0.185. The van der Waals surface area contributed by atoms with Crippen LogP contribution in [-0.2, 0) is 9.53 Å². The molecule has 0 fully saturated rings. The second-order valence-corrected chi connectivity index (χ2v) is 4.35. The van der Waals surface area contributed by atoms with Gasteiger partial charge in [-0.15, -0.1) is 0 Å². The van der Waals surface area contributed by atoms with Crippen LogP contribution in [-0.4, -0.2) is 12.1 Å². The molecule has 0 aliphatic rings. The van der Waals surface area contributed by atoms with Crippen molar-refractivity contribution >= 4 is 5.97 Å². The van der Waals surface area contributed by atoms with E-state index in [1.165, 1.54) is 5.56 Å². The van der Waals surface area contributed by atoms with Crippen molar-refractivity contribution in [1.29, 1.82) is 0 Å². The van der Waals surface area contributed by atoms with Crippen LogP contribution in [0.5, 0.6) is 0 Å². The van der Waals surface area contributed by atoms with Crippen LogP contribution < -0.4 is 5.73 Å². The lowest BCUT2D eigenvalue weighted by Gasteiger charge is -2.11. The van der Waals surface area contributed by atoms with Gasteiger partial charge in [0, 0.05) is 5.56 Å². The molecule has 0 saturated carbocycles. The summed E-state index contributed by atoms with van der Waals surface area (Å²) in [6.07, 6.45) is 0.277. The van der Waals surface area contributed by atoms with Crippen LogP contribution in [0.3, 0.4) is 0 Å². The van der Waals surface area contributed by atoms with Crippen LogP contribution in [0.1, 0.15) is 37.4 Å². The zero-order chi connectivity index (χ0) is 12.1. The van der Waals surface area contributed by atoms with E-state index in [-0.39, 0.29) is 18.1 Å². The van der Waals surface area contributed by atoms with Crippen LogP contribution >= 0.6 is 0 Å². The van der Waals surface area contributed by atoms with Crippen molar-refractivity contribution in [3.63, 3.8) is 0 Å². The number of quaternary nitrogens is 1. The third kappa shape index (κ3) is 4.03. The average molecular weight is 222 g/mol. The fourth-order valence-electron chi connectivity index (χ4n) is 1.47. The van der Waals surface area contributed by atoms with E-state index >= 15 is 0 Å². The molecule has 0 bridgehead atoms. The zero-order valence-electron chi connectivity index (χ0n) is 10.2. The van der Waals surface area contributed by atoms with Gasteiger partial charge in [-0.3, -0.25) is 4.79 Å². The number of carbonyl (C=O) groups excluding carboxylic acids is 1. The minimum atomic E-state index is -0.185. The topological polar surface area (TPSA) is 53.9 Å². The van der Waals surface area contributed by atoms with Gasteiger partial charge >= 0.3 is 5.97 Å². The molecule has 16 heavy (non-hydrogen) atoms. The number of hydrogen-bond acceptors (Lipinski definition) is 2. The van der Waals surface area contributed by atoms with Crippen molar-refractivity contribution in [2.75, 3.05) is 0 Å². The highest BCUT2D eigenvalue weighted by molar-refractivity contribution is 5.70. The summed E-state index contributed by atoms with van der Waals surface area (Å²) in [4.78, 5) is 11.4. The Hall–Kier alpha value is -1.35. The molecule has 0 aliphatic carbocycles. The molecule has 0 aromatic heterocycles. The van der Waals surface area contributed by atoms with E-state index in [2.05, 4.69) is 5.73 Å². The lowest BCUT2D eigenvalue weighted by Crippen LogP contribution is -2.54. The smallest absolute Gasteiger partial charge is 0.312 e. The maximum Gasteiger partial charge on any atom is 0.312 e. The Morgan fingerprint density at radius 2 is 1.88 bits per heavy atom.